The van der Waals surface area contributed by atoms with Crippen molar-refractivity contribution < 1.29 is 30.9 Å². The molecule has 2 aliphatic carbocycles. The fourth-order valence-corrected chi connectivity index (χ4v) is 4.19. The van der Waals surface area contributed by atoms with E-state index in [1.54, 1.807) is 5.32 Å². The fourth-order valence-electron chi connectivity index (χ4n) is 3.36. The molecule has 3 N–H and O–H groups in total. The Kier molecular flexibility index (Phi) is 4.21. The lowest BCUT2D eigenvalue weighted by molar-refractivity contribution is -0.117. The summed E-state index contributed by atoms with van der Waals surface area (Å²) in [6, 6.07) is 3.12. The van der Waals surface area contributed by atoms with Gasteiger partial charge >= 0.3 is 5.76 Å². The normalized spacial score (nSPS) is 20.4. The van der Waals surface area contributed by atoms with Crippen molar-refractivity contribution in [3.63, 3.8) is 0 Å². The number of amides is 2. The molecule has 2 saturated carbocycles. The predicted octanol–water partition coefficient (Wildman–Crippen LogP) is 1.71. The number of carbonyl (C=O) groups is 2. The zero-order chi connectivity index (χ0) is 24.9. The van der Waals surface area contributed by atoms with Crippen molar-refractivity contribution in [1.82, 2.24) is 20.5 Å². The number of nitrogens with one attached hydrogen (secondary N) is 3. The molecular formula is C18H18F2N6O4S. The molecule has 0 radical (unpaired) electrons. The molecule has 2 aromatic heterocycles. The first-order valence-corrected chi connectivity index (χ1v) is 10.6. The van der Waals surface area contributed by atoms with E-state index in [9.17, 15) is 26.8 Å². The number of rotatable bonds is 7. The van der Waals surface area contributed by atoms with Crippen molar-refractivity contribution in [2.45, 2.75) is 29.9 Å². The molecule has 4 rings (SSSR count). The minimum atomic E-state index is -5.08. The lowest BCUT2D eigenvalue weighted by Gasteiger charge is -2.14. The summed E-state index contributed by atoms with van der Waals surface area (Å²) in [7, 11) is -5.08. The Labute approximate surface area is 180 Å². The van der Waals surface area contributed by atoms with Crippen molar-refractivity contribution in [2.24, 2.45) is 11.3 Å². The Hall–Kier alpha value is -3.22. The highest BCUT2D eigenvalue weighted by Crippen LogP contribution is 2.70. The van der Waals surface area contributed by atoms with Gasteiger partial charge in [-0.2, -0.15) is 8.78 Å². The molecule has 1 spiro atoms. The van der Waals surface area contributed by atoms with Gasteiger partial charge in [-0.1, -0.05) is 0 Å². The summed E-state index contributed by atoms with van der Waals surface area (Å²) in [6.07, 6.45) is 3.78. The largest absolute Gasteiger partial charge is 0.354 e. The molecule has 0 aliphatic heterocycles. The molecule has 0 saturated heterocycles. The van der Waals surface area contributed by atoms with Gasteiger partial charge in [0.1, 0.15) is 10.7 Å². The molecule has 10 nitrogen and oxygen atoms in total. The topological polar surface area (TPSA) is 143 Å². The lowest BCUT2D eigenvalue weighted by Crippen LogP contribution is -2.23. The van der Waals surface area contributed by atoms with Crippen LogP contribution in [0.15, 0.2) is 29.3 Å². The van der Waals surface area contributed by atoms with Gasteiger partial charge in [0.15, 0.2) is 11.5 Å². The highest BCUT2D eigenvalue weighted by Gasteiger charge is 2.65. The minimum absolute atomic E-state index is 0.0462. The van der Waals surface area contributed by atoms with E-state index in [4.69, 9.17) is 4.11 Å². The van der Waals surface area contributed by atoms with Gasteiger partial charge in [-0.05, 0) is 36.8 Å². The first-order chi connectivity index (χ1) is 15.8. The van der Waals surface area contributed by atoms with Crippen molar-refractivity contribution in [2.75, 3.05) is 17.6 Å². The van der Waals surface area contributed by atoms with Crippen molar-refractivity contribution in [3.8, 4) is 0 Å². The summed E-state index contributed by atoms with van der Waals surface area (Å²) < 4.78 is 71.9. The second kappa shape index (κ2) is 7.48. The van der Waals surface area contributed by atoms with Gasteiger partial charge in [0, 0.05) is 29.3 Å². The average molecular weight is 455 g/mol. The average Bonchev–Trinajstić information content (AvgIpc) is 3.66. The summed E-state index contributed by atoms with van der Waals surface area (Å²) >= 11 is 0. The third-order valence-electron chi connectivity index (χ3n) is 5.34. The van der Waals surface area contributed by atoms with Crippen LogP contribution in [-0.4, -0.2) is 48.1 Å². The van der Waals surface area contributed by atoms with E-state index in [1.165, 1.54) is 0 Å². The number of aromatic nitrogens is 3. The zero-order valence-corrected chi connectivity index (χ0v) is 16.5. The number of pyridine rings is 1. The number of alkyl halides is 2. The number of sulfone groups is 1. The standard InChI is InChI=1S/C18H18F2N6O4S/c1-21-16(28)13-10(23-14-11(3-2-6-22-14)31(29,30)17(19)20)7-12(25-26-13)24-15(27)9-8-18(9)4-5-18/h2-3,6-7,9,17H,4-5,8H2,1H3,(H,21,28)(H2,22,23,24,25,27)/t9-/m0/s1/i1D3. The fraction of sp³-hybridized carbons (Fsp3) is 0.389. The highest BCUT2D eigenvalue weighted by atomic mass is 32.2. The maximum Gasteiger partial charge on any atom is 0.341 e. The van der Waals surface area contributed by atoms with Crippen LogP contribution in [0, 0.1) is 11.3 Å². The summed E-state index contributed by atoms with van der Waals surface area (Å²) in [5.41, 5.74) is -0.858. The number of halogens is 2. The van der Waals surface area contributed by atoms with Gasteiger partial charge in [-0.15, -0.1) is 10.2 Å². The molecule has 0 bridgehead atoms. The quantitative estimate of drug-likeness (QED) is 0.573. The smallest absolute Gasteiger partial charge is 0.341 e. The zero-order valence-electron chi connectivity index (χ0n) is 18.7. The van der Waals surface area contributed by atoms with E-state index in [0.717, 1.165) is 43.7 Å². The monoisotopic (exact) mass is 455 g/mol. The lowest BCUT2D eigenvalue weighted by atomic mass is 10.2. The minimum Gasteiger partial charge on any atom is -0.354 e. The number of carbonyl (C=O) groups excluding carboxylic acids is 2. The predicted molar refractivity (Wildman–Crippen MR) is 105 cm³/mol. The van der Waals surface area contributed by atoms with Crippen molar-refractivity contribution in [3.05, 3.63) is 30.1 Å². The summed E-state index contributed by atoms with van der Waals surface area (Å²) in [6.45, 7) is -2.89. The van der Waals surface area contributed by atoms with Crippen molar-refractivity contribution in [1.29, 1.82) is 0 Å². The summed E-state index contributed by atoms with van der Waals surface area (Å²) in [5, 5.41) is 14.1. The van der Waals surface area contributed by atoms with E-state index < -0.39 is 44.9 Å². The first-order valence-electron chi connectivity index (χ1n) is 10.6. The summed E-state index contributed by atoms with van der Waals surface area (Å²) in [5.74, 6) is -6.11. The Bertz CT molecular complexity index is 1270. The second-order valence-corrected chi connectivity index (χ2v) is 9.22. The summed E-state index contributed by atoms with van der Waals surface area (Å²) in [4.78, 5) is 27.8. The molecule has 2 heterocycles. The van der Waals surface area contributed by atoms with Crippen LogP contribution in [0.3, 0.4) is 0 Å². The molecule has 0 unspecified atom stereocenters. The van der Waals surface area contributed by atoms with Crippen LogP contribution in [0.2, 0.25) is 0 Å². The Morgan fingerprint density at radius 3 is 2.74 bits per heavy atom. The Morgan fingerprint density at radius 1 is 1.32 bits per heavy atom. The maximum atomic E-state index is 13.1. The van der Waals surface area contributed by atoms with Gasteiger partial charge in [0.2, 0.25) is 15.7 Å². The van der Waals surface area contributed by atoms with Crippen LogP contribution >= 0.6 is 0 Å². The molecule has 2 amide bonds. The van der Waals surface area contributed by atoms with Gasteiger partial charge in [-0.25, -0.2) is 13.4 Å². The molecule has 13 heteroatoms. The highest BCUT2D eigenvalue weighted by molar-refractivity contribution is 7.91. The molecule has 1 atom stereocenters. The maximum absolute atomic E-state index is 13.1. The van der Waals surface area contributed by atoms with Crippen LogP contribution in [0.4, 0.5) is 26.1 Å². The van der Waals surface area contributed by atoms with Crippen molar-refractivity contribution >= 4 is 39.0 Å². The van der Waals surface area contributed by atoms with Crippen LogP contribution in [0.1, 0.15) is 33.9 Å². The van der Waals surface area contributed by atoms with E-state index in [2.05, 4.69) is 25.8 Å². The van der Waals surface area contributed by atoms with Gasteiger partial charge in [0.25, 0.3) is 5.91 Å². The Balaban J connectivity index is 1.69. The van der Waals surface area contributed by atoms with Crippen LogP contribution in [0.5, 0.6) is 0 Å². The first kappa shape index (κ1) is 17.5. The van der Waals surface area contributed by atoms with Gasteiger partial charge in [-0.3, -0.25) is 9.59 Å². The SMILES string of the molecule is [2H]C([2H])([2H])NC(=O)c1nnc(NC(=O)[C@@H]2CC23CC3)cc1Nc1ncccc1S(=O)(=O)C(F)F. The third kappa shape index (κ3) is 3.92. The number of hydrogen-bond acceptors (Lipinski definition) is 8. The van der Waals surface area contributed by atoms with E-state index in [-0.39, 0.29) is 28.7 Å². The van der Waals surface area contributed by atoms with Gasteiger partial charge < -0.3 is 16.0 Å². The molecule has 31 heavy (non-hydrogen) atoms. The van der Waals surface area contributed by atoms with E-state index in [1.807, 2.05) is 0 Å². The second-order valence-electron chi connectivity index (χ2n) is 7.34. The van der Waals surface area contributed by atoms with Gasteiger partial charge in [0.05, 0.1) is 5.69 Å². The Morgan fingerprint density at radius 2 is 2.10 bits per heavy atom. The third-order valence-corrected chi connectivity index (χ3v) is 6.75. The molecule has 2 fully saturated rings. The molecule has 164 valence electrons. The van der Waals surface area contributed by atoms with E-state index >= 15 is 0 Å². The number of hydrogen-bond donors (Lipinski definition) is 3. The molecule has 2 aromatic rings. The van der Waals surface area contributed by atoms with Crippen LogP contribution in [-0.2, 0) is 14.6 Å². The van der Waals surface area contributed by atoms with E-state index in [0.29, 0.717) is 0 Å². The van der Waals surface area contributed by atoms with Crippen LogP contribution in [0.25, 0.3) is 0 Å². The number of nitrogens with zero attached hydrogens (tertiary/aromatic N) is 3. The molecular weight excluding hydrogens is 434 g/mol. The van der Waals surface area contributed by atoms with Crippen LogP contribution < -0.4 is 16.0 Å². The number of anilines is 3. The molecule has 2 aliphatic rings. The molecule has 0 aromatic carbocycles.